The van der Waals surface area contributed by atoms with Crippen LogP contribution in [-0.2, 0) is 16.0 Å². The summed E-state index contributed by atoms with van der Waals surface area (Å²) in [6.07, 6.45) is 12.2. The Kier molecular flexibility index (Phi) is 9.93. The quantitative estimate of drug-likeness (QED) is 0.346. The number of benzene rings is 1. The first kappa shape index (κ1) is 29.8. The van der Waals surface area contributed by atoms with Crippen LogP contribution in [-0.4, -0.2) is 68.6 Å². The predicted octanol–water partition coefficient (Wildman–Crippen LogP) is 5.12. The van der Waals surface area contributed by atoms with E-state index in [4.69, 9.17) is 0 Å². The summed E-state index contributed by atoms with van der Waals surface area (Å²) >= 11 is 0. The van der Waals surface area contributed by atoms with Gasteiger partial charge in [0.15, 0.2) is 0 Å². The van der Waals surface area contributed by atoms with Gasteiger partial charge in [0.05, 0.1) is 0 Å². The van der Waals surface area contributed by atoms with Crippen molar-refractivity contribution in [2.75, 3.05) is 19.6 Å². The van der Waals surface area contributed by atoms with Crippen LogP contribution in [0.25, 0.3) is 5.65 Å². The monoisotopic (exact) mass is 571 g/mol. The minimum Gasteiger partial charge on any atom is -0.344 e. The first-order valence-electron chi connectivity index (χ1n) is 15.8. The van der Waals surface area contributed by atoms with E-state index in [1.54, 1.807) is 6.20 Å². The smallest absolute Gasteiger partial charge is 0.274 e. The van der Waals surface area contributed by atoms with Crippen molar-refractivity contribution in [1.82, 2.24) is 24.5 Å². The first-order chi connectivity index (χ1) is 20.4. The number of carbonyl (C=O) groups excluding carboxylic acids is 3. The minimum atomic E-state index is -0.501. The standard InChI is InChI=1S/C34H45N5O3/c1-3-25(2)32(40)36-31(27-15-8-5-9-16-27)34(42)39-21-12-17-28(39)23-38(22-19-26-13-6-4-7-14-26)33(41)29-24-37-20-11-10-18-30(37)35-29/h4,6-7,10-11,13-14,18,20,24-25,27-28,31H,3,5,8-9,12,15-17,19,21-23H2,1-2H3,(H,36,40)/t25-,28+,31+/m1/s1. The molecule has 2 aliphatic rings. The van der Waals surface area contributed by atoms with Crippen LogP contribution in [0.1, 0.15) is 81.3 Å². The molecule has 2 aromatic heterocycles. The second-order valence-corrected chi connectivity index (χ2v) is 12.1. The molecule has 0 radical (unpaired) electrons. The van der Waals surface area contributed by atoms with Crippen LogP contribution in [0, 0.1) is 11.8 Å². The van der Waals surface area contributed by atoms with Gasteiger partial charge in [0.25, 0.3) is 5.91 Å². The van der Waals surface area contributed by atoms with Crippen molar-refractivity contribution >= 4 is 23.4 Å². The van der Waals surface area contributed by atoms with Crippen molar-refractivity contribution in [2.45, 2.75) is 83.7 Å². The van der Waals surface area contributed by atoms with Gasteiger partial charge in [-0.2, -0.15) is 0 Å². The fourth-order valence-corrected chi connectivity index (χ4v) is 6.46. The van der Waals surface area contributed by atoms with Gasteiger partial charge in [0, 0.05) is 44.0 Å². The lowest BCUT2D eigenvalue weighted by atomic mass is 9.83. The molecule has 3 heterocycles. The van der Waals surface area contributed by atoms with Crippen LogP contribution in [0.5, 0.6) is 0 Å². The molecule has 1 saturated heterocycles. The molecule has 224 valence electrons. The Morgan fingerprint density at radius 3 is 2.50 bits per heavy atom. The number of nitrogens with zero attached hydrogens (tertiary/aromatic N) is 4. The molecule has 1 N–H and O–H groups in total. The van der Waals surface area contributed by atoms with E-state index in [9.17, 15) is 14.4 Å². The van der Waals surface area contributed by atoms with Gasteiger partial charge < -0.3 is 19.5 Å². The number of imidazole rings is 1. The van der Waals surface area contributed by atoms with Crippen molar-refractivity contribution < 1.29 is 14.4 Å². The maximum Gasteiger partial charge on any atom is 0.274 e. The highest BCUT2D eigenvalue weighted by Crippen LogP contribution is 2.30. The molecule has 1 saturated carbocycles. The zero-order valence-electron chi connectivity index (χ0n) is 25.1. The molecule has 1 aromatic carbocycles. The van der Waals surface area contributed by atoms with Gasteiger partial charge >= 0.3 is 0 Å². The second kappa shape index (κ2) is 14.0. The molecular formula is C34H45N5O3. The van der Waals surface area contributed by atoms with E-state index in [0.29, 0.717) is 25.3 Å². The lowest BCUT2D eigenvalue weighted by Crippen LogP contribution is -2.56. The van der Waals surface area contributed by atoms with E-state index in [1.807, 2.05) is 70.6 Å². The molecule has 0 bridgehead atoms. The summed E-state index contributed by atoms with van der Waals surface area (Å²) in [5.41, 5.74) is 2.30. The third kappa shape index (κ3) is 7.02. The van der Waals surface area contributed by atoms with Crippen molar-refractivity contribution in [1.29, 1.82) is 0 Å². The summed E-state index contributed by atoms with van der Waals surface area (Å²) in [5, 5.41) is 3.17. The Morgan fingerprint density at radius 2 is 1.76 bits per heavy atom. The van der Waals surface area contributed by atoms with E-state index in [0.717, 1.165) is 62.6 Å². The molecule has 0 unspecified atom stereocenters. The van der Waals surface area contributed by atoms with E-state index in [2.05, 4.69) is 22.4 Å². The highest BCUT2D eigenvalue weighted by molar-refractivity contribution is 5.93. The fourth-order valence-electron chi connectivity index (χ4n) is 6.46. The maximum absolute atomic E-state index is 14.2. The molecule has 8 nitrogen and oxygen atoms in total. The molecule has 1 aliphatic heterocycles. The predicted molar refractivity (Wildman–Crippen MR) is 164 cm³/mol. The number of fused-ring (bicyclic) bond motifs is 1. The maximum atomic E-state index is 14.2. The summed E-state index contributed by atoms with van der Waals surface area (Å²) in [4.78, 5) is 49.6. The molecule has 5 rings (SSSR count). The van der Waals surface area contributed by atoms with Gasteiger partial charge in [-0.15, -0.1) is 0 Å². The average Bonchev–Trinajstić information content (AvgIpc) is 3.69. The van der Waals surface area contributed by atoms with E-state index < -0.39 is 6.04 Å². The molecular weight excluding hydrogens is 526 g/mol. The number of rotatable bonds is 11. The minimum absolute atomic E-state index is 0.0178. The molecule has 3 amide bonds. The van der Waals surface area contributed by atoms with Crippen LogP contribution in [0.15, 0.2) is 60.9 Å². The first-order valence-corrected chi connectivity index (χ1v) is 15.8. The Labute approximate surface area is 249 Å². The molecule has 3 aromatic rings. The van der Waals surface area contributed by atoms with Gasteiger partial charge in [0.2, 0.25) is 11.8 Å². The van der Waals surface area contributed by atoms with Crippen LogP contribution < -0.4 is 5.32 Å². The Morgan fingerprint density at radius 1 is 1.00 bits per heavy atom. The van der Waals surface area contributed by atoms with Crippen LogP contribution in [0.2, 0.25) is 0 Å². The SMILES string of the molecule is CC[C@@H](C)C(=O)N[C@H](C(=O)N1CCC[C@H]1CN(CCc1ccccc1)C(=O)c1cn2ccccc2n1)C1CCCCC1. The second-order valence-electron chi connectivity index (χ2n) is 12.1. The zero-order chi connectivity index (χ0) is 29.5. The topological polar surface area (TPSA) is 87.0 Å². The van der Waals surface area contributed by atoms with Crippen LogP contribution in [0.3, 0.4) is 0 Å². The molecule has 3 atom stereocenters. The summed E-state index contributed by atoms with van der Waals surface area (Å²) in [6, 6.07) is 15.3. The van der Waals surface area contributed by atoms with Crippen molar-refractivity contribution in [2.24, 2.45) is 11.8 Å². The molecule has 1 aliphatic carbocycles. The van der Waals surface area contributed by atoms with E-state index >= 15 is 0 Å². The van der Waals surface area contributed by atoms with Gasteiger partial charge in [-0.25, -0.2) is 4.98 Å². The number of likely N-dealkylation sites (tertiary alicyclic amines) is 1. The third-order valence-corrected chi connectivity index (χ3v) is 9.22. The number of carbonyl (C=O) groups is 3. The van der Waals surface area contributed by atoms with Crippen molar-refractivity contribution in [3.8, 4) is 0 Å². The summed E-state index contributed by atoms with van der Waals surface area (Å²) in [7, 11) is 0. The van der Waals surface area contributed by atoms with Crippen LogP contribution in [0.4, 0.5) is 0 Å². The molecule has 0 spiro atoms. The number of amides is 3. The van der Waals surface area contributed by atoms with Gasteiger partial charge in [0.1, 0.15) is 17.4 Å². The molecule has 2 fully saturated rings. The van der Waals surface area contributed by atoms with Crippen molar-refractivity contribution in [3.63, 3.8) is 0 Å². The van der Waals surface area contributed by atoms with Gasteiger partial charge in [-0.3, -0.25) is 14.4 Å². The lowest BCUT2D eigenvalue weighted by molar-refractivity contribution is -0.140. The Balaban J connectivity index is 1.36. The number of aromatic nitrogens is 2. The highest BCUT2D eigenvalue weighted by atomic mass is 16.2. The Hall–Kier alpha value is -3.68. The number of hydrogen-bond donors (Lipinski definition) is 1. The Bertz CT molecular complexity index is 1320. The molecule has 8 heteroatoms. The third-order valence-electron chi connectivity index (χ3n) is 9.22. The van der Waals surface area contributed by atoms with E-state index in [-0.39, 0.29) is 35.6 Å². The summed E-state index contributed by atoms with van der Waals surface area (Å²) in [5.74, 6) is -0.111. The summed E-state index contributed by atoms with van der Waals surface area (Å²) in [6.45, 7) is 5.56. The number of hydrogen-bond acceptors (Lipinski definition) is 4. The largest absolute Gasteiger partial charge is 0.344 e. The number of pyridine rings is 1. The summed E-state index contributed by atoms with van der Waals surface area (Å²) < 4.78 is 1.86. The van der Waals surface area contributed by atoms with E-state index in [1.165, 1.54) is 6.42 Å². The zero-order valence-corrected chi connectivity index (χ0v) is 25.1. The average molecular weight is 572 g/mol. The fraction of sp³-hybridized carbons (Fsp3) is 0.529. The van der Waals surface area contributed by atoms with Crippen molar-refractivity contribution in [3.05, 3.63) is 72.2 Å². The lowest BCUT2D eigenvalue weighted by Gasteiger charge is -2.37. The normalized spacial score (nSPS) is 19.0. The van der Waals surface area contributed by atoms with Gasteiger partial charge in [-0.1, -0.05) is 69.5 Å². The van der Waals surface area contributed by atoms with Gasteiger partial charge in [-0.05, 0) is 62.1 Å². The number of nitrogens with one attached hydrogen (secondary N) is 1. The molecule has 42 heavy (non-hydrogen) atoms. The van der Waals surface area contributed by atoms with Crippen LogP contribution >= 0.6 is 0 Å². The highest BCUT2D eigenvalue weighted by Gasteiger charge is 2.39.